The zero-order chi connectivity index (χ0) is 14.4. The van der Waals surface area contributed by atoms with Gasteiger partial charge in [0.2, 0.25) is 0 Å². The molecule has 20 heavy (non-hydrogen) atoms. The molecule has 1 aliphatic carbocycles. The van der Waals surface area contributed by atoms with Crippen LogP contribution < -0.4 is 5.32 Å². The van der Waals surface area contributed by atoms with Crippen LogP contribution in [0.2, 0.25) is 0 Å². The van der Waals surface area contributed by atoms with Gasteiger partial charge in [0.1, 0.15) is 0 Å². The van der Waals surface area contributed by atoms with Gasteiger partial charge in [-0.05, 0) is 36.9 Å². The minimum Gasteiger partial charge on any atom is -0.385 e. The van der Waals surface area contributed by atoms with E-state index in [1.165, 1.54) is 11.1 Å². The fraction of sp³-hybridized carbons (Fsp3) is 0.625. The van der Waals surface area contributed by atoms with E-state index < -0.39 is 10.8 Å². The Kier molecular flexibility index (Phi) is 6.20. The smallest absolute Gasteiger partial charge is 0.0583 e. The molecule has 0 aliphatic heterocycles. The van der Waals surface area contributed by atoms with Crippen molar-refractivity contribution in [1.82, 2.24) is 5.32 Å². The molecule has 1 aromatic rings. The quantitative estimate of drug-likeness (QED) is 0.749. The molecule has 2 rings (SSSR count). The monoisotopic (exact) mass is 295 g/mol. The summed E-state index contributed by atoms with van der Waals surface area (Å²) in [5.41, 5.74) is 2.69. The number of benzene rings is 1. The second-order valence-electron chi connectivity index (χ2n) is 5.30. The molecule has 112 valence electrons. The molecule has 1 aliphatic rings. The molecular weight excluding hydrogens is 270 g/mol. The van der Waals surface area contributed by atoms with Crippen LogP contribution in [0.15, 0.2) is 24.3 Å². The van der Waals surface area contributed by atoms with Gasteiger partial charge in [0.05, 0.1) is 5.25 Å². The van der Waals surface area contributed by atoms with Crippen LogP contribution in [0.1, 0.15) is 36.9 Å². The van der Waals surface area contributed by atoms with Crippen LogP contribution >= 0.6 is 0 Å². The summed E-state index contributed by atoms with van der Waals surface area (Å²) in [7, 11) is 0.895. The van der Waals surface area contributed by atoms with E-state index in [2.05, 4.69) is 36.5 Å². The molecule has 0 radical (unpaired) electrons. The van der Waals surface area contributed by atoms with Gasteiger partial charge in [-0.1, -0.05) is 31.2 Å². The van der Waals surface area contributed by atoms with Gasteiger partial charge >= 0.3 is 0 Å². The molecule has 4 heteroatoms. The van der Waals surface area contributed by atoms with Crippen molar-refractivity contribution in [2.24, 2.45) is 0 Å². The first-order valence-electron chi connectivity index (χ1n) is 7.45. The summed E-state index contributed by atoms with van der Waals surface area (Å²) in [6.07, 6.45) is 2.90. The Hall–Kier alpha value is -0.710. The van der Waals surface area contributed by atoms with Gasteiger partial charge in [-0.25, -0.2) is 0 Å². The second-order valence-corrected chi connectivity index (χ2v) is 7.08. The molecule has 0 saturated heterocycles. The SMILES string of the molecule is CCCNC1c2ccccc2CC1S(=O)CCCOC. The van der Waals surface area contributed by atoms with Crippen LogP contribution in [0.4, 0.5) is 0 Å². The Balaban J connectivity index is 2.06. The maximum absolute atomic E-state index is 12.6. The van der Waals surface area contributed by atoms with Crippen molar-refractivity contribution in [3.05, 3.63) is 35.4 Å². The highest BCUT2D eigenvalue weighted by Gasteiger charge is 2.35. The minimum absolute atomic E-state index is 0.204. The number of hydrogen-bond acceptors (Lipinski definition) is 3. The topological polar surface area (TPSA) is 38.3 Å². The highest BCUT2D eigenvalue weighted by Crippen LogP contribution is 2.34. The van der Waals surface area contributed by atoms with Crippen LogP contribution in [-0.4, -0.2) is 35.5 Å². The van der Waals surface area contributed by atoms with Gasteiger partial charge in [-0.2, -0.15) is 0 Å². The van der Waals surface area contributed by atoms with E-state index in [1.807, 2.05) is 0 Å². The predicted octanol–water partition coefficient (Wildman–Crippen LogP) is 2.44. The molecule has 0 saturated carbocycles. The third kappa shape index (κ3) is 3.68. The highest BCUT2D eigenvalue weighted by molar-refractivity contribution is 7.85. The summed E-state index contributed by atoms with van der Waals surface area (Å²) in [4.78, 5) is 0. The van der Waals surface area contributed by atoms with Crippen LogP contribution in [0.25, 0.3) is 0 Å². The predicted molar refractivity (Wildman–Crippen MR) is 84.5 cm³/mol. The summed E-state index contributed by atoms with van der Waals surface area (Å²) in [6.45, 7) is 3.83. The molecule has 0 aromatic heterocycles. The van der Waals surface area contributed by atoms with E-state index in [0.29, 0.717) is 6.61 Å². The first kappa shape index (κ1) is 15.7. The average molecular weight is 295 g/mol. The Labute approximate surface area is 124 Å². The number of nitrogens with one attached hydrogen (secondary N) is 1. The highest BCUT2D eigenvalue weighted by atomic mass is 32.2. The lowest BCUT2D eigenvalue weighted by atomic mass is 10.1. The van der Waals surface area contributed by atoms with E-state index in [0.717, 1.165) is 31.6 Å². The molecule has 3 atom stereocenters. The summed E-state index contributed by atoms with van der Waals surface area (Å²) in [6, 6.07) is 8.74. The van der Waals surface area contributed by atoms with E-state index in [1.54, 1.807) is 7.11 Å². The fourth-order valence-corrected chi connectivity index (χ4v) is 4.46. The maximum atomic E-state index is 12.6. The van der Waals surface area contributed by atoms with Gasteiger partial charge in [-0.15, -0.1) is 0 Å². The van der Waals surface area contributed by atoms with Gasteiger partial charge < -0.3 is 10.1 Å². The Morgan fingerprint density at radius 1 is 1.40 bits per heavy atom. The van der Waals surface area contributed by atoms with E-state index in [4.69, 9.17) is 4.74 Å². The number of hydrogen-bond donors (Lipinski definition) is 1. The molecule has 0 spiro atoms. The van der Waals surface area contributed by atoms with Crippen molar-refractivity contribution in [1.29, 1.82) is 0 Å². The number of fused-ring (bicyclic) bond motifs is 1. The lowest BCUT2D eigenvalue weighted by Crippen LogP contribution is -2.33. The Morgan fingerprint density at radius 3 is 2.95 bits per heavy atom. The lowest BCUT2D eigenvalue weighted by Gasteiger charge is -2.21. The Morgan fingerprint density at radius 2 is 2.20 bits per heavy atom. The van der Waals surface area contributed by atoms with E-state index in [-0.39, 0.29) is 11.3 Å². The maximum Gasteiger partial charge on any atom is 0.0583 e. The molecular formula is C16H25NO2S. The molecule has 0 amide bonds. The van der Waals surface area contributed by atoms with Crippen LogP contribution in [0.3, 0.4) is 0 Å². The average Bonchev–Trinajstić information content (AvgIpc) is 2.84. The summed E-state index contributed by atoms with van der Waals surface area (Å²) in [5.74, 6) is 0.733. The van der Waals surface area contributed by atoms with Crippen molar-refractivity contribution in [2.75, 3.05) is 26.0 Å². The van der Waals surface area contributed by atoms with E-state index >= 15 is 0 Å². The summed E-state index contributed by atoms with van der Waals surface area (Å²) < 4.78 is 17.6. The molecule has 0 fully saturated rings. The van der Waals surface area contributed by atoms with Crippen LogP contribution in [0, 0.1) is 0 Å². The van der Waals surface area contributed by atoms with Crippen LogP contribution in [-0.2, 0) is 22.0 Å². The normalized spacial score (nSPS) is 22.7. The minimum atomic E-state index is -0.799. The largest absolute Gasteiger partial charge is 0.385 e. The number of ether oxygens (including phenoxy) is 1. The third-order valence-corrected chi connectivity index (χ3v) is 5.63. The molecule has 1 N–H and O–H groups in total. The van der Waals surface area contributed by atoms with Crippen molar-refractivity contribution in [2.45, 2.75) is 37.5 Å². The van der Waals surface area contributed by atoms with Crippen LogP contribution in [0.5, 0.6) is 0 Å². The zero-order valence-corrected chi connectivity index (χ0v) is 13.2. The lowest BCUT2D eigenvalue weighted by molar-refractivity contribution is 0.200. The van der Waals surface area contributed by atoms with Crippen molar-refractivity contribution in [3.63, 3.8) is 0 Å². The Bertz CT molecular complexity index is 450. The fourth-order valence-electron chi connectivity index (χ4n) is 2.84. The summed E-state index contributed by atoms with van der Waals surface area (Å²) in [5, 5.41) is 3.79. The first-order chi connectivity index (χ1) is 9.77. The molecule has 0 heterocycles. The van der Waals surface area contributed by atoms with E-state index in [9.17, 15) is 4.21 Å². The van der Waals surface area contributed by atoms with Gasteiger partial charge in [-0.3, -0.25) is 4.21 Å². The van der Waals surface area contributed by atoms with Crippen molar-refractivity contribution < 1.29 is 8.95 Å². The third-order valence-electron chi connectivity index (χ3n) is 3.83. The number of methoxy groups -OCH3 is 1. The second kappa shape index (κ2) is 7.91. The van der Waals surface area contributed by atoms with Gasteiger partial charge in [0, 0.05) is 36.3 Å². The standard InChI is InChI=1S/C16H25NO2S/c1-3-9-17-16-14-8-5-4-7-13(14)12-15(16)20(18)11-6-10-19-2/h4-5,7-8,15-17H,3,6,9-12H2,1-2H3. The van der Waals surface area contributed by atoms with Crippen molar-refractivity contribution in [3.8, 4) is 0 Å². The molecule has 3 unspecified atom stereocenters. The molecule has 0 bridgehead atoms. The summed E-state index contributed by atoms with van der Waals surface area (Å²) >= 11 is 0. The van der Waals surface area contributed by atoms with Gasteiger partial charge in [0.15, 0.2) is 0 Å². The zero-order valence-electron chi connectivity index (χ0n) is 12.4. The van der Waals surface area contributed by atoms with Gasteiger partial charge in [0.25, 0.3) is 0 Å². The molecule has 3 nitrogen and oxygen atoms in total. The molecule has 1 aromatic carbocycles. The number of rotatable bonds is 8. The first-order valence-corrected chi connectivity index (χ1v) is 8.83. The van der Waals surface area contributed by atoms with Crippen molar-refractivity contribution >= 4 is 10.8 Å².